The predicted octanol–water partition coefficient (Wildman–Crippen LogP) is 6.69. The normalized spacial score (nSPS) is 14.2. The zero-order chi connectivity index (χ0) is 25.9. The largest absolute Gasteiger partial charge is 0.422 e. The van der Waals surface area contributed by atoms with Gasteiger partial charge in [-0.3, -0.25) is 10.1 Å². The third kappa shape index (κ3) is 5.18. The number of nitro groups is 1. The second-order valence-electron chi connectivity index (χ2n) is 7.72. The molecule has 0 N–H and O–H groups in total. The molecule has 4 aromatic rings. The van der Waals surface area contributed by atoms with Gasteiger partial charge in [0, 0.05) is 33.9 Å². The fourth-order valence-corrected chi connectivity index (χ4v) is 4.93. The molecule has 0 unspecified atom stereocenters. The molecule has 0 bridgehead atoms. The lowest BCUT2D eigenvalue weighted by atomic mass is 10.1. The molecule has 3 aromatic carbocycles. The van der Waals surface area contributed by atoms with Gasteiger partial charge in [0.15, 0.2) is 5.70 Å². The molecule has 0 atom stereocenters. The Morgan fingerprint density at radius 3 is 2.59 bits per heavy atom. The van der Waals surface area contributed by atoms with Crippen LogP contribution >= 0.6 is 22.9 Å². The average molecular weight is 531 g/mol. The molecule has 8 nitrogen and oxygen atoms in total. The predicted molar refractivity (Wildman–Crippen MR) is 142 cm³/mol. The number of para-hydroxylation sites is 1. The smallest absolute Gasteiger partial charge is 0.363 e. The van der Waals surface area contributed by atoms with Gasteiger partial charge in [0.05, 0.1) is 9.95 Å². The molecule has 1 aromatic heterocycles. The van der Waals surface area contributed by atoms with Gasteiger partial charge < -0.3 is 9.47 Å². The van der Waals surface area contributed by atoms with E-state index in [1.165, 1.54) is 24.3 Å². The monoisotopic (exact) mass is 530 g/mol. The highest BCUT2D eigenvalue weighted by atomic mass is 35.5. The van der Waals surface area contributed by atoms with Gasteiger partial charge in [-0.2, -0.15) is 0 Å². The van der Waals surface area contributed by atoms with Gasteiger partial charge in [0.2, 0.25) is 5.90 Å². The molecule has 0 spiro atoms. The summed E-state index contributed by atoms with van der Waals surface area (Å²) in [4.78, 5) is 40.2. The van der Waals surface area contributed by atoms with Crippen molar-refractivity contribution in [3.8, 4) is 5.75 Å². The summed E-state index contributed by atoms with van der Waals surface area (Å²) in [5.41, 5.74) is 1.28. The van der Waals surface area contributed by atoms with E-state index >= 15 is 0 Å². The molecule has 0 saturated carbocycles. The lowest BCUT2D eigenvalue weighted by Crippen LogP contribution is -2.08. The van der Waals surface area contributed by atoms with Gasteiger partial charge in [0.1, 0.15) is 10.6 Å². The second-order valence-corrected chi connectivity index (χ2v) is 9.15. The van der Waals surface area contributed by atoms with Crippen LogP contribution in [0.4, 0.5) is 5.69 Å². The van der Waals surface area contributed by atoms with Crippen LogP contribution in [0.25, 0.3) is 22.2 Å². The number of rotatable bonds is 6. The van der Waals surface area contributed by atoms with Gasteiger partial charge in [0.25, 0.3) is 5.69 Å². The fraction of sp³-hybridized carbons (Fsp3) is 0. The lowest BCUT2D eigenvalue weighted by molar-refractivity contribution is -0.384. The summed E-state index contributed by atoms with van der Waals surface area (Å²) in [6.45, 7) is 0. The number of nitro benzene ring substituents is 1. The maximum atomic E-state index is 13.0. The molecule has 2 heterocycles. The molecule has 1 aliphatic rings. The van der Waals surface area contributed by atoms with Crippen LogP contribution in [0.15, 0.2) is 89.6 Å². The van der Waals surface area contributed by atoms with E-state index in [1.54, 1.807) is 36.4 Å². The number of cyclic esters (lactones) is 1. The Bertz CT molecular complexity index is 1660. The Morgan fingerprint density at radius 2 is 1.81 bits per heavy atom. The van der Waals surface area contributed by atoms with Crippen molar-refractivity contribution in [3.63, 3.8) is 0 Å². The summed E-state index contributed by atoms with van der Waals surface area (Å²) >= 11 is 7.37. The molecule has 37 heavy (non-hydrogen) atoms. The summed E-state index contributed by atoms with van der Waals surface area (Å²) in [6, 6.07) is 20.3. The first-order chi connectivity index (χ1) is 17.9. The second kappa shape index (κ2) is 10.2. The average Bonchev–Trinajstić information content (AvgIpc) is 3.43. The Kier molecular flexibility index (Phi) is 6.63. The van der Waals surface area contributed by atoms with E-state index in [2.05, 4.69) is 4.99 Å². The van der Waals surface area contributed by atoms with Crippen LogP contribution in [-0.4, -0.2) is 22.8 Å². The summed E-state index contributed by atoms with van der Waals surface area (Å²) in [7, 11) is 0. The first-order valence-electron chi connectivity index (χ1n) is 10.8. The quantitative estimate of drug-likeness (QED) is 0.0903. The first-order valence-corrected chi connectivity index (χ1v) is 12.0. The molecule has 5 rings (SSSR count). The highest BCUT2D eigenvalue weighted by Gasteiger charge is 2.24. The number of hydrogen-bond acceptors (Lipinski definition) is 8. The Morgan fingerprint density at radius 1 is 1.05 bits per heavy atom. The molecule has 0 radical (unpaired) electrons. The molecule has 182 valence electrons. The molecule has 0 amide bonds. The lowest BCUT2D eigenvalue weighted by Gasteiger charge is -2.07. The third-order valence-corrected chi connectivity index (χ3v) is 6.92. The Balaban J connectivity index is 1.40. The van der Waals surface area contributed by atoms with Crippen LogP contribution in [0.1, 0.15) is 20.8 Å². The number of non-ortho nitro benzene ring substituents is 1. The minimum atomic E-state index is -0.733. The SMILES string of the molecule is O=C1OC(/C=C/c2ccccc2)=NC/1=C/c1ccccc1OC(=O)c1sc2cc([N+](=O)[O-])ccc2c1Cl. The van der Waals surface area contributed by atoms with Crippen LogP contribution in [0.3, 0.4) is 0 Å². The standard InChI is InChI=1S/C27H15ClN2O6S/c28-24-19-12-11-18(30(33)34)15-22(19)37-25(24)27(32)35-21-9-5-4-8-17(21)14-20-26(31)36-23(29-20)13-10-16-6-2-1-3-7-16/h1-15H/b13-10+,20-14+. The van der Waals surface area contributed by atoms with Crippen molar-refractivity contribution in [1.82, 2.24) is 0 Å². The van der Waals surface area contributed by atoms with Crippen molar-refractivity contribution in [2.24, 2.45) is 4.99 Å². The first kappa shape index (κ1) is 24.1. The number of ether oxygens (including phenoxy) is 2. The molecule has 10 heteroatoms. The zero-order valence-corrected chi connectivity index (χ0v) is 20.4. The number of fused-ring (bicyclic) bond motifs is 1. The van der Waals surface area contributed by atoms with Crippen molar-refractivity contribution in [2.75, 3.05) is 0 Å². The van der Waals surface area contributed by atoms with E-state index in [0.29, 0.717) is 15.6 Å². The van der Waals surface area contributed by atoms with Gasteiger partial charge in [-0.1, -0.05) is 60.1 Å². The van der Waals surface area contributed by atoms with E-state index in [0.717, 1.165) is 16.9 Å². The van der Waals surface area contributed by atoms with E-state index in [-0.39, 0.29) is 32.9 Å². The van der Waals surface area contributed by atoms with Crippen LogP contribution in [0.5, 0.6) is 5.75 Å². The highest BCUT2D eigenvalue weighted by Crippen LogP contribution is 2.38. The maximum Gasteiger partial charge on any atom is 0.363 e. The third-order valence-electron chi connectivity index (χ3n) is 5.28. The number of halogens is 1. The number of thiophene rings is 1. The summed E-state index contributed by atoms with van der Waals surface area (Å²) in [5.74, 6) is -1.05. The number of carbonyl (C=O) groups excluding carboxylic acids is 2. The molecule has 0 fully saturated rings. The van der Waals surface area contributed by atoms with Gasteiger partial charge in [-0.25, -0.2) is 14.6 Å². The van der Waals surface area contributed by atoms with Crippen LogP contribution in [0, 0.1) is 10.1 Å². The van der Waals surface area contributed by atoms with Gasteiger partial charge >= 0.3 is 11.9 Å². The zero-order valence-electron chi connectivity index (χ0n) is 18.8. The molecule has 0 saturated heterocycles. The van der Waals surface area contributed by atoms with E-state index < -0.39 is 16.9 Å². The number of carbonyl (C=O) groups is 2. The van der Waals surface area contributed by atoms with E-state index in [4.69, 9.17) is 21.1 Å². The van der Waals surface area contributed by atoms with Crippen molar-refractivity contribution in [2.45, 2.75) is 0 Å². The molecular weight excluding hydrogens is 516 g/mol. The molecule has 0 aliphatic carbocycles. The maximum absolute atomic E-state index is 13.0. The number of benzene rings is 3. The van der Waals surface area contributed by atoms with Crippen LogP contribution in [0.2, 0.25) is 5.02 Å². The van der Waals surface area contributed by atoms with Crippen molar-refractivity contribution in [1.29, 1.82) is 0 Å². The van der Waals surface area contributed by atoms with Crippen molar-refractivity contribution in [3.05, 3.63) is 116 Å². The summed E-state index contributed by atoms with van der Waals surface area (Å²) in [6.07, 6.45) is 4.83. The van der Waals surface area contributed by atoms with Gasteiger partial charge in [-0.05, 0) is 29.8 Å². The number of hydrogen-bond donors (Lipinski definition) is 0. The summed E-state index contributed by atoms with van der Waals surface area (Å²) < 4.78 is 11.3. The van der Waals surface area contributed by atoms with E-state index in [1.807, 2.05) is 30.3 Å². The minimum absolute atomic E-state index is 0.0448. The number of aliphatic imine (C=N–C) groups is 1. The van der Waals surface area contributed by atoms with Crippen molar-refractivity contribution < 1.29 is 24.0 Å². The van der Waals surface area contributed by atoms with E-state index in [9.17, 15) is 19.7 Å². The van der Waals surface area contributed by atoms with Crippen molar-refractivity contribution >= 4 is 68.7 Å². The minimum Gasteiger partial charge on any atom is -0.422 e. The molecular formula is C27H15ClN2O6S. The Hall–Kier alpha value is -4.60. The van der Waals surface area contributed by atoms with Gasteiger partial charge in [-0.15, -0.1) is 11.3 Å². The number of esters is 2. The van der Waals surface area contributed by atoms with Crippen LogP contribution < -0.4 is 4.74 Å². The Labute approximate surface area is 218 Å². The molecule has 1 aliphatic heterocycles. The highest BCUT2D eigenvalue weighted by molar-refractivity contribution is 7.21. The number of nitrogens with zero attached hydrogens (tertiary/aromatic N) is 2. The van der Waals surface area contributed by atoms with Crippen LogP contribution in [-0.2, 0) is 9.53 Å². The summed E-state index contributed by atoms with van der Waals surface area (Å²) in [5, 5.41) is 11.7. The fourth-order valence-electron chi connectivity index (χ4n) is 3.51. The topological polar surface area (TPSA) is 108 Å².